The van der Waals surface area contributed by atoms with Crippen LogP contribution in [0, 0.1) is 5.82 Å². The highest BCUT2D eigenvalue weighted by Gasteiger charge is 2.31. The van der Waals surface area contributed by atoms with Crippen LogP contribution in [0.1, 0.15) is 24.1 Å². The Morgan fingerprint density at radius 3 is 2.21 bits per heavy atom. The highest BCUT2D eigenvalue weighted by Crippen LogP contribution is 2.24. The van der Waals surface area contributed by atoms with Gasteiger partial charge in [-0.3, -0.25) is 4.79 Å². The van der Waals surface area contributed by atoms with Gasteiger partial charge in [-0.25, -0.2) is 9.18 Å². The third-order valence-electron chi connectivity index (χ3n) is 3.77. The molecular formula is C19H19F4N3O3. The monoisotopic (exact) mass is 413 g/mol. The molecule has 0 saturated carbocycles. The van der Waals surface area contributed by atoms with Gasteiger partial charge in [0.2, 0.25) is 5.91 Å². The number of nitrogens with one attached hydrogen (secondary N) is 3. The van der Waals surface area contributed by atoms with Crippen molar-refractivity contribution in [3.05, 3.63) is 65.5 Å². The predicted octanol–water partition coefficient (Wildman–Crippen LogP) is 3.40. The minimum atomic E-state index is -4.77. The van der Waals surface area contributed by atoms with Crippen molar-refractivity contribution in [2.75, 3.05) is 6.54 Å². The number of rotatable bonds is 7. The number of hydrogen-bond acceptors (Lipinski definition) is 3. The van der Waals surface area contributed by atoms with Crippen LogP contribution in [0.2, 0.25) is 0 Å². The maximum Gasteiger partial charge on any atom is 0.573 e. The standard InChI is InChI=1S/C19H19F4N3O3/c1-12(14-4-8-16(9-5-14)29-19(21,22)23)26-17(27)11-25-18(28)24-10-13-2-6-15(20)7-3-13/h2-9,12H,10-11H2,1H3,(H,26,27)(H2,24,25,28). The Balaban J connectivity index is 1.73. The smallest absolute Gasteiger partial charge is 0.406 e. The lowest BCUT2D eigenvalue weighted by Crippen LogP contribution is -2.42. The molecule has 2 aromatic rings. The number of carbonyl (C=O) groups excluding carboxylic acids is 2. The molecule has 0 aliphatic heterocycles. The highest BCUT2D eigenvalue weighted by atomic mass is 19.4. The molecule has 2 aromatic carbocycles. The number of carbonyl (C=O) groups is 2. The van der Waals surface area contributed by atoms with Crippen molar-refractivity contribution in [1.82, 2.24) is 16.0 Å². The molecule has 3 N–H and O–H groups in total. The van der Waals surface area contributed by atoms with Crippen LogP contribution in [-0.4, -0.2) is 24.8 Å². The van der Waals surface area contributed by atoms with Gasteiger partial charge in [-0.15, -0.1) is 13.2 Å². The summed E-state index contributed by atoms with van der Waals surface area (Å²) in [5.74, 6) is -1.23. The van der Waals surface area contributed by atoms with E-state index in [0.717, 1.165) is 12.1 Å². The third-order valence-corrected chi connectivity index (χ3v) is 3.77. The third kappa shape index (κ3) is 8.08. The first-order valence-electron chi connectivity index (χ1n) is 8.53. The van der Waals surface area contributed by atoms with Gasteiger partial charge in [0, 0.05) is 6.54 Å². The lowest BCUT2D eigenvalue weighted by Gasteiger charge is -2.16. The Kier molecular flexibility index (Phi) is 7.40. The van der Waals surface area contributed by atoms with Crippen LogP contribution in [0.5, 0.6) is 5.75 Å². The molecule has 0 fully saturated rings. The molecule has 156 valence electrons. The van der Waals surface area contributed by atoms with E-state index in [1.165, 1.54) is 36.4 Å². The van der Waals surface area contributed by atoms with Gasteiger partial charge >= 0.3 is 12.4 Å². The minimum Gasteiger partial charge on any atom is -0.406 e. The second kappa shape index (κ2) is 9.76. The van der Waals surface area contributed by atoms with Crippen molar-refractivity contribution in [1.29, 1.82) is 0 Å². The zero-order valence-corrected chi connectivity index (χ0v) is 15.3. The number of benzene rings is 2. The molecule has 1 unspecified atom stereocenters. The number of ether oxygens (including phenoxy) is 1. The van der Waals surface area contributed by atoms with Crippen molar-refractivity contribution in [3.63, 3.8) is 0 Å². The largest absolute Gasteiger partial charge is 0.573 e. The fourth-order valence-corrected chi connectivity index (χ4v) is 2.34. The highest BCUT2D eigenvalue weighted by molar-refractivity contribution is 5.84. The number of urea groups is 1. The van der Waals surface area contributed by atoms with Crippen LogP contribution >= 0.6 is 0 Å². The van der Waals surface area contributed by atoms with E-state index in [1.54, 1.807) is 6.92 Å². The second-order valence-electron chi connectivity index (χ2n) is 6.07. The zero-order valence-electron chi connectivity index (χ0n) is 15.3. The summed E-state index contributed by atoms with van der Waals surface area (Å²) in [5, 5.41) is 7.51. The fraction of sp³-hybridized carbons (Fsp3) is 0.263. The van der Waals surface area contributed by atoms with Crippen molar-refractivity contribution >= 4 is 11.9 Å². The van der Waals surface area contributed by atoms with Crippen molar-refractivity contribution in [2.24, 2.45) is 0 Å². The molecule has 1 atom stereocenters. The molecule has 0 bridgehead atoms. The summed E-state index contributed by atoms with van der Waals surface area (Å²) < 4.78 is 53.1. The summed E-state index contributed by atoms with van der Waals surface area (Å²) in [5.41, 5.74) is 1.26. The predicted molar refractivity (Wildman–Crippen MR) is 96.3 cm³/mol. The first kappa shape index (κ1) is 22.0. The molecule has 0 heterocycles. The molecule has 29 heavy (non-hydrogen) atoms. The van der Waals surface area contributed by atoms with E-state index >= 15 is 0 Å². The lowest BCUT2D eigenvalue weighted by molar-refractivity contribution is -0.274. The average molecular weight is 413 g/mol. The maximum atomic E-state index is 12.8. The number of halogens is 4. The maximum absolute atomic E-state index is 12.8. The van der Waals surface area contributed by atoms with Crippen molar-refractivity contribution in [3.8, 4) is 5.75 Å². The summed E-state index contributed by atoms with van der Waals surface area (Å²) in [6.45, 7) is 1.51. The summed E-state index contributed by atoms with van der Waals surface area (Å²) in [6.07, 6.45) is -4.77. The van der Waals surface area contributed by atoms with E-state index in [2.05, 4.69) is 20.7 Å². The Hall–Kier alpha value is -3.30. The van der Waals surface area contributed by atoms with Crippen molar-refractivity contribution < 1.29 is 31.9 Å². The Bertz CT molecular complexity index is 824. The van der Waals surface area contributed by atoms with Gasteiger partial charge in [-0.1, -0.05) is 24.3 Å². The minimum absolute atomic E-state index is 0.163. The zero-order chi connectivity index (χ0) is 21.4. The van der Waals surface area contributed by atoms with Gasteiger partial charge in [0.25, 0.3) is 0 Å². The molecule has 10 heteroatoms. The molecule has 0 spiro atoms. The molecule has 0 saturated heterocycles. The quantitative estimate of drug-likeness (QED) is 0.609. The van der Waals surface area contributed by atoms with Gasteiger partial charge < -0.3 is 20.7 Å². The van der Waals surface area contributed by atoms with E-state index in [0.29, 0.717) is 11.1 Å². The Morgan fingerprint density at radius 2 is 1.62 bits per heavy atom. The molecule has 0 aliphatic rings. The van der Waals surface area contributed by atoms with Gasteiger partial charge in [0.05, 0.1) is 12.6 Å². The Labute approximate surface area is 164 Å². The van der Waals surface area contributed by atoms with Gasteiger partial charge in [-0.05, 0) is 42.3 Å². The molecular weight excluding hydrogens is 394 g/mol. The van der Waals surface area contributed by atoms with Gasteiger partial charge in [0.1, 0.15) is 11.6 Å². The summed E-state index contributed by atoms with van der Waals surface area (Å²) >= 11 is 0. The number of hydrogen-bond donors (Lipinski definition) is 3. The second-order valence-corrected chi connectivity index (χ2v) is 6.07. The fourth-order valence-electron chi connectivity index (χ4n) is 2.34. The summed E-state index contributed by atoms with van der Waals surface area (Å²) in [6, 6.07) is 9.60. The Morgan fingerprint density at radius 1 is 1.00 bits per heavy atom. The van der Waals surface area contributed by atoms with Crippen LogP contribution in [0.25, 0.3) is 0 Å². The van der Waals surface area contributed by atoms with Crippen LogP contribution in [0.15, 0.2) is 48.5 Å². The van der Waals surface area contributed by atoms with Gasteiger partial charge in [0.15, 0.2) is 0 Å². The summed E-state index contributed by atoms with van der Waals surface area (Å²) in [7, 11) is 0. The van der Waals surface area contributed by atoms with Crippen LogP contribution in [-0.2, 0) is 11.3 Å². The van der Waals surface area contributed by atoms with E-state index in [9.17, 15) is 27.2 Å². The molecule has 0 aliphatic carbocycles. The molecule has 0 radical (unpaired) electrons. The summed E-state index contributed by atoms with van der Waals surface area (Å²) in [4.78, 5) is 23.6. The normalized spacial score (nSPS) is 12.0. The SMILES string of the molecule is CC(NC(=O)CNC(=O)NCc1ccc(F)cc1)c1ccc(OC(F)(F)F)cc1. The first-order chi connectivity index (χ1) is 13.6. The number of alkyl halides is 3. The van der Waals surface area contributed by atoms with E-state index in [4.69, 9.17) is 0 Å². The topological polar surface area (TPSA) is 79.5 Å². The van der Waals surface area contributed by atoms with Crippen LogP contribution < -0.4 is 20.7 Å². The van der Waals surface area contributed by atoms with Crippen LogP contribution in [0.3, 0.4) is 0 Å². The van der Waals surface area contributed by atoms with Gasteiger partial charge in [-0.2, -0.15) is 0 Å². The van der Waals surface area contributed by atoms with E-state index in [-0.39, 0.29) is 24.7 Å². The molecule has 0 aromatic heterocycles. The molecule has 2 rings (SSSR count). The average Bonchev–Trinajstić information content (AvgIpc) is 2.65. The molecule has 3 amide bonds. The molecule has 6 nitrogen and oxygen atoms in total. The van der Waals surface area contributed by atoms with E-state index in [1.807, 2.05) is 0 Å². The van der Waals surface area contributed by atoms with E-state index < -0.39 is 24.3 Å². The van der Waals surface area contributed by atoms with Crippen molar-refractivity contribution in [2.45, 2.75) is 25.9 Å². The number of amides is 3. The first-order valence-corrected chi connectivity index (χ1v) is 8.53. The lowest BCUT2D eigenvalue weighted by atomic mass is 10.1. The van der Waals surface area contributed by atoms with Crippen LogP contribution in [0.4, 0.5) is 22.4 Å².